The summed E-state index contributed by atoms with van der Waals surface area (Å²) < 4.78 is 5.14. The Balaban J connectivity index is 2.20. The molecule has 2 N–H and O–H groups in total. The van der Waals surface area contributed by atoms with E-state index in [9.17, 15) is 4.79 Å². The van der Waals surface area contributed by atoms with Crippen LogP contribution in [0.15, 0.2) is 29.6 Å². The topological polar surface area (TPSA) is 58.6 Å². The fourth-order valence-electron chi connectivity index (χ4n) is 1.80. The van der Waals surface area contributed by atoms with Crippen LogP contribution in [0, 0.1) is 18.8 Å². The molecule has 0 aliphatic rings. The standard InChI is InChI=1S/C16H15NO3S/c1-11-10-13(20-2)5-6-14(11)17-16(19)15-12(4-3-8-18)7-9-21-15/h5-7,9-10,18H,8H2,1-2H3,(H,17,19). The number of aryl methyl sites for hydroxylation is 1. The molecule has 0 spiro atoms. The molecular formula is C16H15NO3S. The second-order valence-electron chi connectivity index (χ2n) is 4.26. The SMILES string of the molecule is COc1ccc(NC(=O)c2sccc2C#CCO)c(C)c1. The van der Waals surface area contributed by atoms with E-state index < -0.39 is 0 Å². The molecule has 21 heavy (non-hydrogen) atoms. The highest BCUT2D eigenvalue weighted by Crippen LogP contribution is 2.23. The van der Waals surface area contributed by atoms with Gasteiger partial charge in [-0.05, 0) is 42.1 Å². The van der Waals surface area contributed by atoms with E-state index >= 15 is 0 Å². The molecule has 0 unspecified atom stereocenters. The van der Waals surface area contributed by atoms with Crippen molar-refractivity contribution in [3.8, 4) is 17.6 Å². The Kier molecular flexibility index (Phi) is 4.99. The number of anilines is 1. The van der Waals surface area contributed by atoms with Crippen LogP contribution in [-0.2, 0) is 0 Å². The third kappa shape index (κ3) is 3.63. The van der Waals surface area contributed by atoms with E-state index in [-0.39, 0.29) is 12.5 Å². The first kappa shape index (κ1) is 15.1. The summed E-state index contributed by atoms with van der Waals surface area (Å²) in [5.41, 5.74) is 2.27. The number of benzene rings is 1. The van der Waals surface area contributed by atoms with Gasteiger partial charge in [0.1, 0.15) is 17.2 Å². The molecule has 0 saturated carbocycles. The van der Waals surface area contributed by atoms with Crippen LogP contribution >= 0.6 is 11.3 Å². The summed E-state index contributed by atoms with van der Waals surface area (Å²) in [5.74, 6) is 5.86. The molecule has 5 heteroatoms. The minimum absolute atomic E-state index is 0.208. The largest absolute Gasteiger partial charge is 0.497 e. The Morgan fingerprint density at radius 3 is 2.90 bits per heavy atom. The number of hydrogen-bond acceptors (Lipinski definition) is 4. The first-order valence-electron chi connectivity index (χ1n) is 6.29. The molecule has 1 amide bonds. The molecule has 4 nitrogen and oxygen atoms in total. The van der Waals surface area contributed by atoms with Crippen LogP contribution < -0.4 is 10.1 Å². The number of ether oxygens (including phenoxy) is 1. The van der Waals surface area contributed by atoms with Gasteiger partial charge in [-0.25, -0.2) is 0 Å². The summed E-state index contributed by atoms with van der Waals surface area (Å²) >= 11 is 1.32. The Labute approximate surface area is 127 Å². The molecular weight excluding hydrogens is 286 g/mol. The number of aliphatic hydroxyl groups is 1. The van der Waals surface area contributed by atoms with Gasteiger partial charge in [-0.15, -0.1) is 11.3 Å². The molecule has 108 valence electrons. The van der Waals surface area contributed by atoms with Gasteiger partial charge in [-0.3, -0.25) is 4.79 Å². The van der Waals surface area contributed by atoms with Crippen LogP contribution in [0.4, 0.5) is 5.69 Å². The lowest BCUT2D eigenvalue weighted by Crippen LogP contribution is -2.12. The van der Waals surface area contributed by atoms with Gasteiger partial charge in [0.25, 0.3) is 5.91 Å². The minimum Gasteiger partial charge on any atom is -0.497 e. The first-order valence-corrected chi connectivity index (χ1v) is 7.17. The number of hydrogen-bond donors (Lipinski definition) is 2. The van der Waals surface area contributed by atoms with E-state index in [1.807, 2.05) is 13.0 Å². The maximum atomic E-state index is 12.3. The average molecular weight is 301 g/mol. The maximum Gasteiger partial charge on any atom is 0.267 e. The summed E-state index contributed by atoms with van der Waals surface area (Å²) in [6.07, 6.45) is 0. The van der Waals surface area contributed by atoms with Crippen LogP contribution in [0.5, 0.6) is 5.75 Å². The number of nitrogens with one attached hydrogen (secondary N) is 1. The van der Waals surface area contributed by atoms with E-state index in [0.29, 0.717) is 10.4 Å². The summed E-state index contributed by atoms with van der Waals surface area (Å²) in [7, 11) is 1.60. The number of carbonyl (C=O) groups excluding carboxylic acids is 1. The van der Waals surface area contributed by atoms with E-state index in [4.69, 9.17) is 9.84 Å². The van der Waals surface area contributed by atoms with Crippen LogP contribution in [0.25, 0.3) is 0 Å². The number of thiophene rings is 1. The van der Waals surface area contributed by atoms with Crippen molar-refractivity contribution in [1.82, 2.24) is 0 Å². The molecule has 0 aliphatic heterocycles. The summed E-state index contributed by atoms with van der Waals surface area (Å²) in [6, 6.07) is 7.22. The Bertz CT molecular complexity index is 710. The van der Waals surface area contributed by atoms with E-state index in [1.165, 1.54) is 11.3 Å². The van der Waals surface area contributed by atoms with Gasteiger partial charge in [0.2, 0.25) is 0 Å². The van der Waals surface area contributed by atoms with E-state index in [0.717, 1.165) is 17.0 Å². The van der Waals surface area contributed by atoms with E-state index in [2.05, 4.69) is 17.2 Å². The number of methoxy groups -OCH3 is 1. The van der Waals surface area contributed by atoms with Crippen molar-refractivity contribution in [2.75, 3.05) is 19.0 Å². The van der Waals surface area contributed by atoms with E-state index in [1.54, 1.807) is 30.7 Å². The number of carbonyl (C=O) groups is 1. The second-order valence-corrected chi connectivity index (χ2v) is 5.17. The highest BCUT2D eigenvalue weighted by atomic mass is 32.1. The number of rotatable bonds is 3. The monoisotopic (exact) mass is 301 g/mol. The Morgan fingerprint density at radius 1 is 1.43 bits per heavy atom. The van der Waals surface area contributed by atoms with Crippen molar-refractivity contribution in [3.05, 3.63) is 45.6 Å². The summed E-state index contributed by atoms with van der Waals surface area (Å²) in [4.78, 5) is 12.8. The third-order valence-corrected chi connectivity index (χ3v) is 3.77. The van der Waals surface area contributed by atoms with Gasteiger partial charge in [-0.2, -0.15) is 0 Å². The lowest BCUT2D eigenvalue weighted by Gasteiger charge is -2.09. The van der Waals surface area contributed by atoms with Crippen LogP contribution in [0.3, 0.4) is 0 Å². The molecule has 0 bridgehead atoms. The lowest BCUT2D eigenvalue weighted by molar-refractivity contribution is 0.103. The molecule has 1 aromatic heterocycles. The molecule has 0 radical (unpaired) electrons. The molecule has 1 heterocycles. The van der Waals surface area contributed by atoms with Crippen LogP contribution in [0.1, 0.15) is 20.8 Å². The Morgan fingerprint density at radius 2 is 2.24 bits per heavy atom. The van der Waals surface area contributed by atoms with Crippen LogP contribution in [0.2, 0.25) is 0 Å². The first-order chi connectivity index (χ1) is 10.2. The van der Waals surface area contributed by atoms with Gasteiger partial charge >= 0.3 is 0 Å². The van der Waals surface area contributed by atoms with Crippen molar-refractivity contribution < 1.29 is 14.6 Å². The van der Waals surface area contributed by atoms with Crippen molar-refractivity contribution in [2.24, 2.45) is 0 Å². The second kappa shape index (κ2) is 6.93. The summed E-state index contributed by atoms with van der Waals surface area (Å²) in [6.45, 7) is 1.67. The van der Waals surface area contributed by atoms with Gasteiger partial charge < -0.3 is 15.2 Å². The highest BCUT2D eigenvalue weighted by Gasteiger charge is 2.13. The highest BCUT2D eigenvalue weighted by molar-refractivity contribution is 7.12. The van der Waals surface area contributed by atoms with Gasteiger partial charge in [0.15, 0.2) is 0 Å². The third-order valence-electron chi connectivity index (χ3n) is 2.86. The maximum absolute atomic E-state index is 12.3. The molecule has 2 rings (SSSR count). The normalized spacial score (nSPS) is 9.67. The lowest BCUT2D eigenvalue weighted by atomic mass is 10.2. The zero-order chi connectivity index (χ0) is 15.2. The molecule has 0 saturated heterocycles. The number of aliphatic hydroxyl groups excluding tert-OH is 1. The van der Waals surface area contributed by atoms with Crippen molar-refractivity contribution in [2.45, 2.75) is 6.92 Å². The average Bonchev–Trinajstić information content (AvgIpc) is 2.95. The fraction of sp³-hybridized carbons (Fsp3) is 0.188. The minimum atomic E-state index is -0.228. The number of amides is 1. The molecule has 2 aromatic rings. The van der Waals surface area contributed by atoms with Crippen molar-refractivity contribution in [1.29, 1.82) is 0 Å². The molecule has 0 fully saturated rings. The van der Waals surface area contributed by atoms with Crippen LogP contribution in [-0.4, -0.2) is 24.7 Å². The molecule has 0 aliphatic carbocycles. The quantitative estimate of drug-likeness (QED) is 0.857. The van der Waals surface area contributed by atoms with Gasteiger partial charge in [-0.1, -0.05) is 11.8 Å². The molecule has 1 aromatic carbocycles. The Hall–Kier alpha value is -2.29. The predicted octanol–water partition coefficient (Wildman–Crippen LogP) is 2.66. The van der Waals surface area contributed by atoms with Crippen molar-refractivity contribution >= 4 is 22.9 Å². The van der Waals surface area contributed by atoms with Crippen molar-refractivity contribution in [3.63, 3.8) is 0 Å². The van der Waals surface area contributed by atoms with Gasteiger partial charge in [0, 0.05) is 11.3 Å². The zero-order valence-electron chi connectivity index (χ0n) is 11.8. The smallest absolute Gasteiger partial charge is 0.267 e. The molecule has 0 atom stereocenters. The zero-order valence-corrected chi connectivity index (χ0v) is 12.6. The predicted molar refractivity (Wildman–Crippen MR) is 84.0 cm³/mol. The fourth-order valence-corrected chi connectivity index (χ4v) is 2.55. The summed E-state index contributed by atoms with van der Waals surface area (Å²) in [5, 5.41) is 13.4. The van der Waals surface area contributed by atoms with Gasteiger partial charge in [0.05, 0.1) is 7.11 Å².